The van der Waals surface area contributed by atoms with Crippen molar-refractivity contribution in [2.45, 2.75) is 5.51 Å². The second-order valence-electron chi connectivity index (χ2n) is 2.53. The first-order valence-electron chi connectivity index (χ1n) is 3.68. The molecule has 92 valence electrons. The fourth-order valence-corrected chi connectivity index (χ4v) is 0.773. The Hall–Kier alpha value is -0.670. The molecule has 1 heterocycles. The van der Waals surface area contributed by atoms with E-state index < -0.39 is 15.6 Å². The topological polar surface area (TPSA) is 61.1 Å². The van der Waals surface area contributed by atoms with Gasteiger partial charge in [-0.1, -0.05) is 0 Å². The summed E-state index contributed by atoms with van der Waals surface area (Å²) in [5, 5.41) is 0. The molecule has 0 saturated heterocycles. The molecule has 0 saturated carbocycles. The summed E-state index contributed by atoms with van der Waals surface area (Å²) in [5.41, 5.74) is -5.65. The Labute approximate surface area is 98.6 Å². The second-order valence-corrected chi connectivity index (χ2v) is 4.72. The lowest BCUT2D eigenvalue weighted by Gasteiger charge is -2.08. The quantitative estimate of drug-likeness (QED) is 0.313. The van der Waals surface area contributed by atoms with Crippen molar-refractivity contribution in [1.82, 2.24) is 0 Å². The monoisotopic (exact) mass is 321 g/mol. The van der Waals surface area contributed by atoms with Crippen molar-refractivity contribution >= 4 is 26.0 Å². The molecule has 0 bridgehead atoms. The summed E-state index contributed by atoms with van der Waals surface area (Å²) in [6, 6.07) is 5.98. The Morgan fingerprint density at radius 2 is 1.81 bits per heavy atom. The van der Waals surface area contributed by atoms with Gasteiger partial charge >= 0.3 is 5.51 Å². The molecule has 9 heteroatoms. The summed E-state index contributed by atoms with van der Waals surface area (Å²) in [5.74, 6) is 0. The number of nitrogens with zero attached hydrogens (tertiary/aromatic N) is 1. The molecule has 16 heavy (non-hydrogen) atoms. The van der Waals surface area contributed by atoms with E-state index in [2.05, 4.69) is 15.9 Å². The zero-order valence-electron chi connectivity index (χ0n) is 7.90. The zero-order valence-corrected chi connectivity index (χ0v) is 10.3. The molecule has 1 rings (SSSR count). The maximum absolute atomic E-state index is 10.7. The molecule has 0 aliphatic rings. The first-order valence-corrected chi connectivity index (χ1v) is 5.88. The van der Waals surface area contributed by atoms with Crippen LogP contribution in [0.1, 0.15) is 0 Å². The predicted molar refractivity (Wildman–Crippen MR) is 51.1 cm³/mol. The highest BCUT2D eigenvalue weighted by molar-refractivity contribution is 9.10. The van der Waals surface area contributed by atoms with Crippen LogP contribution in [0.15, 0.2) is 29.0 Å². The highest BCUT2D eigenvalue weighted by Crippen LogP contribution is 2.20. The van der Waals surface area contributed by atoms with Gasteiger partial charge in [0.25, 0.3) is 0 Å². The Kier molecular flexibility index (Phi) is 5.36. The van der Waals surface area contributed by atoms with Gasteiger partial charge in [-0.3, -0.25) is 0 Å². The first kappa shape index (κ1) is 15.3. The van der Waals surface area contributed by atoms with Crippen LogP contribution in [0, 0.1) is 0 Å². The lowest BCUT2D eigenvalue weighted by atomic mass is 10.5. The number of halogens is 4. The van der Waals surface area contributed by atoms with E-state index in [1.54, 1.807) is 0 Å². The molecule has 0 aliphatic heterocycles. The molecular weight excluding hydrogens is 315 g/mol. The number of pyridine rings is 1. The van der Waals surface area contributed by atoms with Gasteiger partial charge in [-0.25, -0.2) is 8.42 Å². The molecule has 0 spiro atoms. The van der Waals surface area contributed by atoms with Gasteiger partial charge in [-0.05, 0) is 6.07 Å². The summed E-state index contributed by atoms with van der Waals surface area (Å²) in [6.07, 6.45) is 1.99. The molecule has 0 aromatic carbocycles. The Morgan fingerprint density at radius 3 is 2.00 bits per heavy atom. The van der Waals surface area contributed by atoms with Crippen molar-refractivity contribution in [3.05, 3.63) is 29.0 Å². The van der Waals surface area contributed by atoms with Crippen LogP contribution in [0.25, 0.3) is 0 Å². The summed E-state index contributed by atoms with van der Waals surface area (Å²) >= 11 is 3.36. The third kappa shape index (κ3) is 5.42. The molecule has 0 fully saturated rings. The largest absolute Gasteiger partial charge is 0.741 e. The minimum Gasteiger partial charge on any atom is -0.741 e. The molecule has 0 unspecified atom stereocenters. The van der Waals surface area contributed by atoms with Gasteiger partial charge in [0.1, 0.15) is 7.05 Å². The van der Waals surface area contributed by atoms with Crippen LogP contribution in [-0.4, -0.2) is 18.5 Å². The predicted octanol–water partition coefficient (Wildman–Crippen LogP) is 1.33. The summed E-state index contributed by atoms with van der Waals surface area (Å²) in [4.78, 5) is 0. The summed E-state index contributed by atoms with van der Waals surface area (Å²) < 4.78 is 62.0. The SMILES string of the molecule is C[n+]1ccccc1Br.O=S(=O)([O-])C(F)(F)F. The van der Waals surface area contributed by atoms with Gasteiger partial charge in [0.05, 0.1) is 0 Å². The Balaban J connectivity index is 0.000000281. The van der Waals surface area contributed by atoms with Crippen LogP contribution in [-0.2, 0) is 17.2 Å². The maximum atomic E-state index is 10.7. The number of aryl methyl sites for hydroxylation is 1. The molecule has 1 aromatic rings. The highest BCUT2D eigenvalue weighted by Gasteiger charge is 2.36. The third-order valence-corrected chi connectivity index (χ3v) is 2.67. The van der Waals surface area contributed by atoms with Gasteiger partial charge in [0, 0.05) is 28.1 Å². The van der Waals surface area contributed by atoms with Gasteiger partial charge in [0.2, 0.25) is 4.60 Å². The normalized spacial score (nSPS) is 11.6. The third-order valence-electron chi connectivity index (χ3n) is 1.27. The van der Waals surface area contributed by atoms with Gasteiger partial charge in [-0.2, -0.15) is 17.7 Å². The van der Waals surface area contributed by atoms with E-state index in [0.717, 1.165) is 4.60 Å². The van der Waals surface area contributed by atoms with Crippen LogP contribution in [0.5, 0.6) is 0 Å². The molecule has 0 atom stereocenters. The van der Waals surface area contributed by atoms with Crippen LogP contribution in [0.4, 0.5) is 13.2 Å². The molecule has 0 N–H and O–H groups in total. The van der Waals surface area contributed by atoms with E-state index in [1.807, 2.05) is 36.0 Å². The van der Waals surface area contributed by atoms with Gasteiger partial charge < -0.3 is 4.55 Å². The maximum Gasteiger partial charge on any atom is 0.485 e. The fraction of sp³-hybridized carbons (Fsp3) is 0.286. The number of alkyl halides is 3. The lowest BCUT2D eigenvalue weighted by molar-refractivity contribution is -0.682. The van der Waals surface area contributed by atoms with Crippen LogP contribution in [0.2, 0.25) is 0 Å². The smallest absolute Gasteiger partial charge is 0.485 e. The molecule has 0 aliphatic carbocycles. The first-order chi connectivity index (χ1) is 7.05. The van der Waals surface area contributed by atoms with E-state index in [-0.39, 0.29) is 0 Å². The van der Waals surface area contributed by atoms with Crippen molar-refractivity contribution in [3.8, 4) is 0 Å². The van der Waals surface area contributed by atoms with Crippen molar-refractivity contribution in [2.75, 3.05) is 0 Å². The molecule has 1 aromatic heterocycles. The van der Waals surface area contributed by atoms with Crippen LogP contribution in [0.3, 0.4) is 0 Å². The molecule has 0 radical (unpaired) electrons. The number of hydrogen-bond donors (Lipinski definition) is 0. The van der Waals surface area contributed by atoms with E-state index in [4.69, 9.17) is 13.0 Å². The zero-order chi connectivity index (χ0) is 13.0. The minimum atomic E-state index is -6.09. The van der Waals surface area contributed by atoms with E-state index >= 15 is 0 Å². The Morgan fingerprint density at radius 1 is 1.38 bits per heavy atom. The fourth-order valence-electron chi connectivity index (χ4n) is 0.503. The summed E-state index contributed by atoms with van der Waals surface area (Å²) in [6.45, 7) is 0. The van der Waals surface area contributed by atoms with Gasteiger partial charge in [0.15, 0.2) is 16.3 Å². The van der Waals surface area contributed by atoms with E-state index in [1.165, 1.54) is 0 Å². The van der Waals surface area contributed by atoms with Crippen molar-refractivity contribution in [2.24, 2.45) is 7.05 Å². The minimum absolute atomic E-state index is 1.10. The standard InChI is InChI=1S/C6H7BrN.CHF3O3S/c1-8-5-3-2-4-6(8)7;2-1(3,4)8(5,6)7/h2-5H,1H3;(H,5,6,7)/q+1;/p-1. The van der Waals surface area contributed by atoms with E-state index in [9.17, 15) is 13.2 Å². The van der Waals surface area contributed by atoms with Crippen molar-refractivity contribution in [1.29, 1.82) is 0 Å². The average molecular weight is 322 g/mol. The van der Waals surface area contributed by atoms with E-state index in [0.29, 0.717) is 0 Å². The van der Waals surface area contributed by atoms with Gasteiger partial charge in [-0.15, -0.1) is 0 Å². The molecule has 0 amide bonds. The van der Waals surface area contributed by atoms with Crippen LogP contribution >= 0.6 is 15.9 Å². The summed E-state index contributed by atoms with van der Waals surface area (Å²) in [7, 11) is -4.10. The second kappa shape index (κ2) is 5.60. The number of aromatic nitrogens is 1. The van der Waals surface area contributed by atoms with Crippen molar-refractivity contribution in [3.63, 3.8) is 0 Å². The molecular formula is C7H7BrF3NO3S. The van der Waals surface area contributed by atoms with Crippen molar-refractivity contribution < 1.29 is 30.7 Å². The highest BCUT2D eigenvalue weighted by atomic mass is 79.9. The molecule has 4 nitrogen and oxygen atoms in total. The number of rotatable bonds is 0. The average Bonchev–Trinajstić information content (AvgIpc) is 2.08. The lowest BCUT2D eigenvalue weighted by Crippen LogP contribution is -2.28. The van der Waals surface area contributed by atoms with Crippen LogP contribution < -0.4 is 4.57 Å². The Bertz CT molecular complexity index is 425. The number of hydrogen-bond acceptors (Lipinski definition) is 3.